The van der Waals surface area contributed by atoms with Gasteiger partial charge in [-0.3, -0.25) is 9.97 Å². The molecule has 1 aromatic carbocycles. The van der Waals surface area contributed by atoms with Gasteiger partial charge >= 0.3 is 0 Å². The van der Waals surface area contributed by atoms with Crippen LogP contribution in [0.25, 0.3) is 0 Å². The average molecular weight is 483 g/mol. The molecule has 0 aliphatic carbocycles. The molecule has 3 aromatic heterocycles. The molecule has 1 aliphatic rings. The molecule has 6 nitrogen and oxygen atoms in total. The summed E-state index contributed by atoms with van der Waals surface area (Å²) in [6.45, 7) is 5.18. The first-order valence-corrected chi connectivity index (χ1v) is 12.2. The normalized spacial score (nSPS) is 17.5. The summed E-state index contributed by atoms with van der Waals surface area (Å²) in [5, 5.41) is 4.29. The predicted molar refractivity (Wildman–Crippen MR) is 146 cm³/mol. The van der Waals surface area contributed by atoms with Crippen LogP contribution in [0.1, 0.15) is 40.3 Å². The van der Waals surface area contributed by atoms with Gasteiger partial charge in [0.2, 0.25) is 0 Å². The highest BCUT2D eigenvalue weighted by Crippen LogP contribution is 2.43. The van der Waals surface area contributed by atoms with E-state index in [9.17, 15) is 0 Å². The first-order chi connectivity index (χ1) is 16.9. The molecule has 1 saturated heterocycles. The number of aromatic nitrogens is 3. The van der Waals surface area contributed by atoms with E-state index in [0.29, 0.717) is 5.11 Å². The van der Waals surface area contributed by atoms with Gasteiger partial charge in [0.05, 0.1) is 17.8 Å². The van der Waals surface area contributed by atoms with Crippen molar-refractivity contribution in [1.82, 2.24) is 19.9 Å². The van der Waals surface area contributed by atoms with Crippen LogP contribution in [0.3, 0.4) is 0 Å². The number of pyridine rings is 2. The van der Waals surface area contributed by atoms with Gasteiger partial charge in [-0.25, -0.2) is 0 Å². The van der Waals surface area contributed by atoms with Crippen molar-refractivity contribution >= 4 is 28.7 Å². The molecule has 4 heterocycles. The average Bonchev–Trinajstić information content (AvgIpc) is 3.36. The van der Waals surface area contributed by atoms with Crippen molar-refractivity contribution in [3.8, 4) is 0 Å². The summed E-state index contributed by atoms with van der Waals surface area (Å²) in [6, 6.07) is 21.0. The van der Waals surface area contributed by atoms with Crippen LogP contribution in [0.4, 0.5) is 11.4 Å². The Labute approximate surface area is 212 Å². The van der Waals surface area contributed by atoms with Crippen LogP contribution in [0.15, 0.2) is 79.3 Å². The molecular weight excluding hydrogens is 452 g/mol. The number of hydrogen-bond acceptors (Lipinski definition) is 4. The Hall–Kier alpha value is -3.71. The zero-order valence-electron chi connectivity index (χ0n) is 20.5. The molecule has 0 bridgehead atoms. The molecule has 2 atom stereocenters. The van der Waals surface area contributed by atoms with E-state index in [1.807, 2.05) is 30.7 Å². The van der Waals surface area contributed by atoms with Crippen molar-refractivity contribution in [2.75, 3.05) is 23.9 Å². The third kappa shape index (κ3) is 4.39. The molecule has 1 aliphatic heterocycles. The first-order valence-electron chi connectivity index (χ1n) is 11.8. The Kier molecular flexibility index (Phi) is 6.26. The van der Waals surface area contributed by atoms with Gasteiger partial charge in [0.25, 0.3) is 0 Å². The van der Waals surface area contributed by atoms with Gasteiger partial charge in [0.15, 0.2) is 5.11 Å². The fourth-order valence-corrected chi connectivity index (χ4v) is 5.25. The van der Waals surface area contributed by atoms with Crippen LogP contribution in [0.2, 0.25) is 0 Å². The molecule has 0 saturated carbocycles. The molecule has 4 aromatic rings. The first kappa shape index (κ1) is 23.1. The minimum absolute atomic E-state index is 0.0278. The summed E-state index contributed by atoms with van der Waals surface area (Å²) in [4.78, 5) is 13.2. The van der Waals surface area contributed by atoms with Gasteiger partial charge in [-0.1, -0.05) is 6.07 Å². The van der Waals surface area contributed by atoms with Gasteiger partial charge in [0, 0.05) is 62.0 Å². The van der Waals surface area contributed by atoms with E-state index in [1.54, 1.807) is 0 Å². The minimum atomic E-state index is -0.0629. The highest BCUT2D eigenvalue weighted by atomic mass is 32.1. The van der Waals surface area contributed by atoms with Crippen molar-refractivity contribution in [1.29, 1.82) is 0 Å². The second-order valence-corrected chi connectivity index (χ2v) is 9.56. The van der Waals surface area contributed by atoms with Gasteiger partial charge in [-0.2, -0.15) is 0 Å². The topological polar surface area (TPSA) is 49.2 Å². The third-order valence-corrected chi connectivity index (χ3v) is 7.08. The second-order valence-electron chi connectivity index (χ2n) is 9.18. The number of thiocarbonyl (C=S) groups is 1. The quantitative estimate of drug-likeness (QED) is 0.382. The van der Waals surface area contributed by atoms with Gasteiger partial charge < -0.3 is 19.7 Å². The maximum atomic E-state index is 5.91. The van der Waals surface area contributed by atoms with E-state index in [4.69, 9.17) is 17.2 Å². The lowest BCUT2D eigenvalue weighted by molar-refractivity contribution is 0.563. The Morgan fingerprint density at radius 3 is 2.37 bits per heavy atom. The Bertz CT molecular complexity index is 1320. The Morgan fingerprint density at radius 1 is 0.971 bits per heavy atom. The van der Waals surface area contributed by atoms with Crippen molar-refractivity contribution < 1.29 is 0 Å². The Morgan fingerprint density at radius 2 is 1.71 bits per heavy atom. The van der Waals surface area contributed by atoms with Crippen molar-refractivity contribution in [2.45, 2.75) is 32.5 Å². The van der Waals surface area contributed by atoms with E-state index >= 15 is 0 Å². The van der Waals surface area contributed by atoms with E-state index in [2.05, 4.69) is 101 Å². The second kappa shape index (κ2) is 9.50. The Balaban J connectivity index is 1.60. The molecule has 178 valence electrons. The maximum Gasteiger partial charge on any atom is 0.174 e. The molecule has 0 spiro atoms. The lowest BCUT2D eigenvalue weighted by Gasteiger charge is -2.28. The van der Waals surface area contributed by atoms with Gasteiger partial charge in [-0.05, 0) is 91.8 Å². The molecule has 5 rings (SSSR count). The van der Waals surface area contributed by atoms with E-state index in [0.717, 1.165) is 23.6 Å². The molecule has 0 amide bonds. The van der Waals surface area contributed by atoms with Crippen LogP contribution >= 0.6 is 12.2 Å². The minimum Gasteiger partial charge on any atom is -0.378 e. The number of nitrogens with zero attached hydrogens (tertiary/aromatic N) is 5. The fraction of sp³-hybridized carbons (Fsp3) is 0.250. The highest BCUT2D eigenvalue weighted by molar-refractivity contribution is 7.80. The van der Waals surface area contributed by atoms with E-state index in [-0.39, 0.29) is 12.1 Å². The van der Waals surface area contributed by atoms with Crippen molar-refractivity contribution in [3.05, 3.63) is 107 Å². The summed E-state index contributed by atoms with van der Waals surface area (Å²) >= 11 is 5.91. The third-order valence-electron chi connectivity index (χ3n) is 6.76. The smallest absolute Gasteiger partial charge is 0.174 e. The molecule has 7 heteroatoms. The number of benzene rings is 1. The van der Waals surface area contributed by atoms with E-state index < -0.39 is 0 Å². The standard InChI is InChI=1S/C28H30N6S/c1-19-17-24(20(2)33(19)18-21-12-15-29-16-13-21)27-26(25-7-5-6-14-30-25)31-28(35)34(27)23-10-8-22(9-11-23)32(3)4/h5-17,26-27H,18H2,1-4H3,(H,31,35). The molecule has 0 radical (unpaired) electrons. The summed E-state index contributed by atoms with van der Waals surface area (Å²) in [5.41, 5.74) is 8.12. The van der Waals surface area contributed by atoms with Gasteiger partial charge in [-0.15, -0.1) is 0 Å². The molecular formula is C28H30N6S. The zero-order chi connectivity index (χ0) is 24.5. The van der Waals surface area contributed by atoms with Crippen LogP contribution < -0.4 is 15.1 Å². The number of anilines is 2. The largest absolute Gasteiger partial charge is 0.378 e. The van der Waals surface area contributed by atoms with Crippen molar-refractivity contribution in [3.63, 3.8) is 0 Å². The van der Waals surface area contributed by atoms with Crippen LogP contribution in [-0.2, 0) is 6.54 Å². The molecule has 2 unspecified atom stereocenters. The lowest BCUT2D eigenvalue weighted by atomic mass is 9.96. The monoisotopic (exact) mass is 482 g/mol. The predicted octanol–water partition coefficient (Wildman–Crippen LogP) is 5.19. The summed E-state index contributed by atoms with van der Waals surface area (Å²) in [5.74, 6) is 0. The highest BCUT2D eigenvalue weighted by Gasteiger charge is 2.42. The van der Waals surface area contributed by atoms with Crippen molar-refractivity contribution in [2.24, 2.45) is 0 Å². The number of nitrogens with one attached hydrogen (secondary N) is 1. The van der Waals surface area contributed by atoms with Gasteiger partial charge in [0.1, 0.15) is 0 Å². The number of aryl methyl sites for hydroxylation is 1. The van der Waals surface area contributed by atoms with Crippen LogP contribution in [-0.4, -0.2) is 33.7 Å². The zero-order valence-corrected chi connectivity index (χ0v) is 21.3. The maximum absolute atomic E-state index is 5.91. The number of hydrogen-bond donors (Lipinski definition) is 1. The fourth-order valence-electron chi connectivity index (χ4n) is 4.90. The summed E-state index contributed by atoms with van der Waals surface area (Å²) < 4.78 is 2.37. The summed E-state index contributed by atoms with van der Waals surface area (Å²) in [7, 11) is 4.10. The van der Waals surface area contributed by atoms with Crippen LogP contribution in [0.5, 0.6) is 0 Å². The molecule has 35 heavy (non-hydrogen) atoms. The molecule has 1 fully saturated rings. The van der Waals surface area contributed by atoms with E-state index in [1.165, 1.54) is 22.5 Å². The SMILES string of the molecule is Cc1cc(C2C(c3ccccn3)NC(=S)N2c2ccc(N(C)C)cc2)c(C)n1Cc1ccncc1. The summed E-state index contributed by atoms with van der Waals surface area (Å²) in [6.07, 6.45) is 5.54. The molecule has 1 N–H and O–H groups in total. The number of rotatable bonds is 6. The lowest BCUT2D eigenvalue weighted by Crippen LogP contribution is -2.29. The van der Waals surface area contributed by atoms with Crippen LogP contribution in [0, 0.1) is 13.8 Å².